The van der Waals surface area contributed by atoms with Crippen molar-refractivity contribution >= 4 is 37.6 Å². The third kappa shape index (κ3) is 7.04. The number of carbonyl (C=O) groups is 2. The van der Waals surface area contributed by atoms with E-state index in [4.69, 9.17) is 5.11 Å². The molecule has 0 saturated heterocycles. The zero-order valence-electron chi connectivity index (χ0n) is 12.2. The standard InChI is InChI=1S/C14H18BrNO5S/c1-16(8-2-3-14(18)19)13(17)10-22(20,21)9-11-4-6-12(15)7-5-11/h4-7H,2-3,8-10H2,1H3,(H,18,19). The number of carboxylic acid groups (broad SMARTS) is 1. The monoisotopic (exact) mass is 391 g/mol. The second-order valence-electron chi connectivity index (χ2n) is 4.97. The minimum Gasteiger partial charge on any atom is -0.481 e. The predicted octanol–water partition coefficient (Wildman–Crippen LogP) is 1.69. The molecule has 0 bridgehead atoms. The Morgan fingerprint density at radius 2 is 1.82 bits per heavy atom. The molecule has 22 heavy (non-hydrogen) atoms. The number of benzene rings is 1. The van der Waals surface area contributed by atoms with Crippen molar-refractivity contribution in [1.29, 1.82) is 0 Å². The van der Waals surface area contributed by atoms with Crippen molar-refractivity contribution in [1.82, 2.24) is 4.90 Å². The molecular weight excluding hydrogens is 374 g/mol. The van der Waals surface area contributed by atoms with Crippen molar-refractivity contribution in [2.24, 2.45) is 0 Å². The van der Waals surface area contributed by atoms with Crippen molar-refractivity contribution < 1.29 is 23.1 Å². The van der Waals surface area contributed by atoms with Gasteiger partial charge in [-0.2, -0.15) is 0 Å². The summed E-state index contributed by atoms with van der Waals surface area (Å²) in [5, 5.41) is 8.53. The lowest BCUT2D eigenvalue weighted by molar-refractivity contribution is -0.137. The Kier molecular flexibility index (Phi) is 7.02. The number of nitrogens with zero attached hydrogens (tertiary/aromatic N) is 1. The zero-order valence-corrected chi connectivity index (χ0v) is 14.6. The van der Waals surface area contributed by atoms with Gasteiger partial charge in [0.05, 0.1) is 5.75 Å². The molecule has 1 amide bonds. The van der Waals surface area contributed by atoms with E-state index in [0.29, 0.717) is 12.0 Å². The van der Waals surface area contributed by atoms with Gasteiger partial charge in [0.2, 0.25) is 5.91 Å². The van der Waals surface area contributed by atoms with Crippen LogP contribution < -0.4 is 0 Å². The van der Waals surface area contributed by atoms with Crippen molar-refractivity contribution in [3.05, 3.63) is 34.3 Å². The summed E-state index contributed by atoms with van der Waals surface area (Å²) in [6, 6.07) is 6.85. The van der Waals surface area contributed by atoms with Gasteiger partial charge in [0.15, 0.2) is 9.84 Å². The molecule has 0 saturated carbocycles. The van der Waals surface area contributed by atoms with Crippen LogP contribution in [0.5, 0.6) is 0 Å². The fraction of sp³-hybridized carbons (Fsp3) is 0.429. The molecule has 0 aromatic heterocycles. The van der Waals surface area contributed by atoms with Gasteiger partial charge in [0, 0.05) is 24.5 Å². The second-order valence-corrected chi connectivity index (χ2v) is 7.95. The number of aliphatic carboxylic acids is 1. The van der Waals surface area contributed by atoms with Crippen LogP contribution in [-0.2, 0) is 25.2 Å². The summed E-state index contributed by atoms with van der Waals surface area (Å²) in [5.41, 5.74) is 0.615. The molecule has 0 heterocycles. The number of sulfone groups is 1. The highest BCUT2D eigenvalue weighted by atomic mass is 79.9. The van der Waals surface area contributed by atoms with Gasteiger partial charge >= 0.3 is 5.97 Å². The average molecular weight is 392 g/mol. The minimum absolute atomic E-state index is 0.0523. The van der Waals surface area contributed by atoms with E-state index in [-0.39, 0.29) is 18.7 Å². The molecule has 0 spiro atoms. The van der Waals surface area contributed by atoms with Crippen molar-refractivity contribution in [3.63, 3.8) is 0 Å². The second kappa shape index (κ2) is 8.28. The van der Waals surface area contributed by atoms with Crippen LogP contribution in [0.25, 0.3) is 0 Å². The molecule has 1 aromatic rings. The molecule has 0 aliphatic carbocycles. The molecule has 0 unspecified atom stereocenters. The Labute approximate surface area is 138 Å². The number of carbonyl (C=O) groups excluding carboxylic acids is 1. The van der Waals surface area contributed by atoms with Crippen LogP contribution in [0.1, 0.15) is 18.4 Å². The lowest BCUT2D eigenvalue weighted by Gasteiger charge is -2.16. The van der Waals surface area contributed by atoms with Crippen molar-refractivity contribution in [3.8, 4) is 0 Å². The molecule has 122 valence electrons. The van der Waals surface area contributed by atoms with E-state index in [1.54, 1.807) is 24.3 Å². The molecular formula is C14H18BrNO5S. The van der Waals surface area contributed by atoms with Gasteiger partial charge < -0.3 is 10.0 Å². The van der Waals surface area contributed by atoms with E-state index >= 15 is 0 Å². The fourth-order valence-corrected chi connectivity index (χ4v) is 3.44. The van der Waals surface area contributed by atoms with Crippen LogP contribution in [0.2, 0.25) is 0 Å². The topological polar surface area (TPSA) is 91.8 Å². The van der Waals surface area contributed by atoms with Crippen LogP contribution in [0.15, 0.2) is 28.7 Å². The first kappa shape index (κ1) is 18.6. The molecule has 0 radical (unpaired) electrons. The lowest BCUT2D eigenvalue weighted by Crippen LogP contribution is -2.33. The largest absolute Gasteiger partial charge is 0.481 e. The van der Waals surface area contributed by atoms with Crippen LogP contribution in [0.3, 0.4) is 0 Å². The maximum absolute atomic E-state index is 12.0. The predicted molar refractivity (Wildman–Crippen MR) is 86.1 cm³/mol. The normalized spacial score (nSPS) is 11.2. The number of hydrogen-bond acceptors (Lipinski definition) is 4. The fourth-order valence-electron chi connectivity index (χ4n) is 1.78. The molecule has 6 nitrogen and oxygen atoms in total. The molecule has 1 rings (SSSR count). The Morgan fingerprint density at radius 3 is 2.36 bits per heavy atom. The van der Waals surface area contributed by atoms with Crippen LogP contribution >= 0.6 is 15.9 Å². The summed E-state index contributed by atoms with van der Waals surface area (Å²) in [6.45, 7) is 0.221. The van der Waals surface area contributed by atoms with Gasteiger partial charge in [-0.1, -0.05) is 28.1 Å². The summed E-state index contributed by atoms with van der Waals surface area (Å²) >= 11 is 3.27. The highest BCUT2D eigenvalue weighted by Crippen LogP contribution is 2.13. The smallest absolute Gasteiger partial charge is 0.303 e. The van der Waals surface area contributed by atoms with Crippen LogP contribution in [0, 0.1) is 0 Å². The van der Waals surface area contributed by atoms with Crippen LogP contribution in [-0.4, -0.2) is 49.6 Å². The maximum atomic E-state index is 12.0. The van der Waals surface area contributed by atoms with E-state index in [0.717, 1.165) is 4.47 Å². The van der Waals surface area contributed by atoms with Gasteiger partial charge in [-0.25, -0.2) is 8.42 Å². The van der Waals surface area contributed by atoms with Gasteiger partial charge in [-0.15, -0.1) is 0 Å². The first-order valence-corrected chi connectivity index (χ1v) is 9.21. The van der Waals surface area contributed by atoms with Gasteiger partial charge in [0.25, 0.3) is 0 Å². The lowest BCUT2D eigenvalue weighted by atomic mass is 10.2. The average Bonchev–Trinajstić information content (AvgIpc) is 2.40. The van der Waals surface area contributed by atoms with E-state index in [1.165, 1.54) is 11.9 Å². The Hall–Kier alpha value is -1.41. The summed E-state index contributed by atoms with van der Waals surface area (Å²) < 4.78 is 24.9. The zero-order chi connectivity index (χ0) is 16.8. The third-order valence-electron chi connectivity index (χ3n) is 2.95. The third-order valence-corrected chi connectivity index (χ3v) is 4.94. The van der Waals surface area contributed by atoms with Crippen molar-refractivity contribution in [2.75, 3.05) is 19.3 Å². The molecule has 0 aliphatic rings. The molecule has 0 fully saturated rings. The van der Waals surface area contributed by atoms with Crippen LogP contribution in [0.4, 0.5) is 0 Å². The molecule has 1 aromatic carbocycles. The molecule has 1 N–H and O–H groups in total. The number of rotatable bonds is 8. The Balaban J connectivity index is 2.54. The summed E-state index contributed by atoms with van der Waals surface area (Å²) in [6.07, 6.45) is 0.244. The first-order chi connectivity index (χ1) is 10.2. The van der Waals surface area contributed by atoms with E-state index in [1.807, 2.05) is 0 Å². The van der Waals surface area contributed by atoms with Gasteiger partial charge in [-0.3, -0.25) is 9.59 Å². The molecule has 0 aliphatic heterocycles. The summed E-state index contributed by atoms with van der Waals surface area (Å²) in [5.74, 6) is -2.24. The van der Waals surface area contributed by atoms with E-state index in [9.17, 15) is 18.0 Å². The maximum Gasteiger partial charge on any atom is 0.303 e. The number of hydrogen-bond donors (Lipinski definition) is 1. The van der Waals surface area contributed by atoms with Crippen molar-refractivity contribution in [2.45, 2.75) is 18.6 Å². The van der Waals surface area contributed by atoms with E-state index in [2.05, 4.69) is 15.9 Å². The SMILES string of the molecule is CN(CCCC(=O)O)C(=O)CS(=O)(=O)Cc1ccc(Br)cc1. The number of halogens is 1. The van der Waals surface area contributed by atoms with Gasteiger partial charge in [0.1, 0.15) is 5.75 Å². The minimum atomic E-state index is -3.56. The highest BCUT2D eigenvalue weighted by Gasteiger charge is 2.20. The van der Waals surface area contributed by atoms with E-state index < -0.39 is 27.5 Å². The summed E-state index contributed by atoms with van der Waals surface area (Å²) in [4.78, 5) is 23.5. The Morgan fingerprint density at radius 1 is 1.23 bits per heavy atom. The molecule has 8 heteroatoms. The first-order valence-electron chi connectivity index (χ1n) is 6.60. The number of carboxylic acids is 1. The summed E-state index contributed by atoms with van der Waals surface area (Å²) in [7, 11) is -2.08. The van der Waals surface area contributed by atoms with Gasteiger partial charge in [-0.05, 0) is 24.1 Å². The Bertz CT molecular complexity index is 627. The highest BCUT2D eigenvalue weighted by molar-refractivity contribution is 9.10. The quantitative estimate of drug-likeness (QED) is 0.727. The molecule has 0 atom stereocenters. The number of amides is 1.